The van der Waals surface area contributed by atoms with Gasteiger partial charge in [-0.05, 0) is 38.3 Å². The van der Waals surface area contributed by atoms with Crippen LogP contribution < -0.4 is 10.1 Å². The van der Waals surface area contributed by atoms with E-state index in [0.717, 1.165) is 31.5 Å². The SMILES string of the molecule is O=[N+]([O-])c1ccc(OCCCC2CCCN2)cc1F. The molecule has 2 rings (SSSR count). The van der Waals surface area contributed by atoms with E-state index in [1.807, 2.05) is 0 Å². The molecule has 19 heavy (non-hydrogen) atoms. The number of hydrogen-bond acceptors (Lipinski definition) is 4. The number of nitrogens with zero attached hydrogens (tertiary/aromatic N) is 1. The van der Waals surface area contributed by atoms with Crippen molar-refractivity contribution >= 4 is 5.69 Å². The van der Waals surface area contributed by atoms with Crippen molar-refractivity contribution in [3.8, 4) is 5.75 Å². The molecule has 6 heteroatoms. The minimum absolute atomic E-state index is 0.336. The molecule has 1 aromatic carbocycles. The zero-order valence-corrected chi connectivity index (χ0v) is 10.6. The summed E-state index contributed by atoms with van der Waals surface area (Å²) in [5, 5.41) is 13.9. The van der Waals surface area contributed by atoms with Gasteiger partial charge in [0.1, 0.15) is 5.75 Å². The Kier molecular flexibility index (Phi) is 4.68. The summed E-state index contributed by atoms with van der Waals surface area (Å²) in [6.45, 7) is 1.58. The fourth-order valence-electron chi connectivity index (χ4n) is 2.25. The third-order valence-corrected chi connectivity index (χ3v) is 3.24. The van der Waals surface area contributed by atoms with Gasteiger partial charge in [-0.1, -0.05) is 0 Å². The minimum atomic E-state index is -0.861. The summed E-state index contributed by atoms with van der Waals surface area (Å²) < 4.78 is 18.7. The number of nitro benzene ring substituents is 1. The Morgan fingerprint density at radius 2 is 2.37 bits per heavy atom. The van der Waals surface area contributed by atoms with Crippen LogP contribution in [0.2, 0.25) is 0 Å². The van der Waals surface area contributed by atoms with E-state index in [1.165, 1.54) is 18.9 Å². The first kappa shape index (κ1) is 13.7. The molecule has 0 amide bonds. The molecule has 0 bridgehead atoms. The number of nitro groups is 1. The van der Waals surface area contributed by atoms with Crippen molar-refractivity contribution in [2.24, 2.45) is 0 Å². The van der Waals surface area contributed by atoms with Crippen LogP contribution in [0.25, 0.3) is 0 Å². The largest absolute Gasteiger partial charge is 0.493 e. The molecule has 5 nitrogen and oxygen atoms in total. The van der Waals surface area contributed by atoms with Crippen LogP contribution in [0.4, 0.5) is 10.1 Å². The molecule has 0 radical (unpaired) electrons. The lowest BCUT2D eigenvalue weighted by Crippen LogP contribution is -2.21. The Morgan fingerprint density at radius 3 is 3.00 bits per heavy atom. The van der Waals surface area contributed by atoms with Crippen LogP contribution in [0.15, 0.2) is 18.2 Å². The predicted octanol–water partition coefficient (Wildman–Crippen LogP) is 2.64. The summed E-state index contributed by atoms with van der Waals surface area (Å²) in [5.74, 6) is -0.526. The summed E-state index contributed by atoms with van der Waals surface area (Å²) in [4.78, 5) is 9.71. The fraction of sp³-hybridized carbons (Fsp3) is 0.538. The van der Waals surface area contributed by atoms with Gasteiger partial charge in [0.05, 0.1) is 11.5 Å². The smallest absolute Gasteiger partial charge is 0.305 e. The molecule has 1 saturated heterocycles. The topological polar surface area (TPSA) is 64.4 Å². The third-order valence-electron chi connectivity index (χ3n) is 3.24. The maximum Gasteiger partial charge on any atom is 0.305 e. The second-order valence-electron chi connectivity index (χ2n) is 4.65. The third kappa shape index (κ3) is 3.89. The van der Waals surface area contributed by atoms with Crippen molar-refractivity contribution < 1.29 is 14.1 Å². The summed E-state index contributed by atoms with van der Waals surface area (Å²) in [7, 11) is 0. The van der Waals surface area contributed by atoms with E-state index in [-0.39, 0.29) is 0 Å². The Bertz CT molecular complexity index is 448. The highest BCUT2D eigenvalue weighted by atomic mass is 19.1. The van der Waals surface area contributed by atoms with E-state index in [4.69, 9.17) is 4.74 Å². The lowest BCUT2D eigenvalue weighted by atomic mass is 10.1. The van der Waals surface area contributed by atoms with Gasteiger partial charge in [0.2, 0.25) is 5.82 Å². The monoisotopic (exact) mass is 268 g/mol. The number of rotatable bonds is 6. The highest BCUT2D eigenvalue weighted by molar-refractivity contribution is 5.37. The molecule has 0 aromatic heterocycles. The molecule has 1 atom stereocenters. The van der Waals surface area contributed by atoms with Gasteiger partial charge in [-0.3, -0.25) is 10.1 Å². The lowest BCUT2D eigenvalue weighted by Gasteiger charge is -2.10. The number of hydrogen-bond donors (Lipinski definition) is 1. The van der Waals surface area contributed by atoms with E-state index < -0.39 is 16.4 Å². The number of nitrogens with one attached hydrogen (secondary N) is 1. The van der Waals surface area contributed by atoms with Crippen LogP contribution in [0.3, 0.4) is 0 Å². The van der Waals surface area contributed by atoms with Crippen LogP contribution in [-0.2, 0) is 0 Å². The Morgan fingerprint density at radius 1 is 1.53 bits per heavy atom. The first-order chi connectivity index (χ1) is 9.16. The van der Waals surface area contributed by atoms with Crippen LogP contribution >= 0.6 is 0 Å². The summed E-state index contributed by atoms with van der Waals surface area (Å²) in [6, 6.07) is 4.18. The summed E-state index contributed by atoms with van der Waals surface area (Å²) >= 11 is 0. The van der Waals surface area contributed by atoms with Gasteiger partial charge in [-0.2, -0.15) is 4.39 Å². The zero-order valence-electron chi connectivity index (χ0n) is 10.6. The minimum Gasteiger partial charge on any atom is -0.493 e. The molecular weight excluding hydrogens is 251 g/mol. The van der Waals surface area contributed by atoms with Crippen molar-refractivity contribution in [3.05, 3.63) is 34.1 Å². The van der Waals surface area contributed by atoms with Gasteiger partial charge >= 0.3 is 5.69 Å². The van der Waals surface area contributed by atoms with Gasteiger partial charge in [-0.15, -0.1) is 0 Å². The van der Waals surface area contributed by atoms with Gasteiger partial charge < -0.3 is 10.1 Å². The predicted molar refractivity (Wildman–Crippen MR) is 68.8 cm³/mol. The highest BCUT2D eigenvalue weighted by Crippen LogP contribution is 2.22. The van der Waals surface area contributed by atoms with E-state index in [0.29, 0.717) is 18.4 Å². The molecule has 0 saturated carbocycles. The molecule has 104 valence electrons. The number of benzene rings is 1. The Labute approximate surface area is 110 Å². The maximum absolute atomic E-state index is 13.3. The first-order valence-electron chi connectivity index (χ1n) is 6.47. The average Bonchev–Trinajstić information content (AvgIpc) is 2.87. The second kappa shape index (κ2) is 6.47. The van der Waals surface area contributed by atoms with E-state index >= 15 is 0 Å². The maximum atomic E-state index is 13.3. The first-order valence-corrected chi connectivity index (χ1v) is 6.47. The molecule has 1 aliphatic rings. The van der Waals surface area contributed by atoms with Gasteiger partial charge in [0.25, 0.3) is 0 Å². The van der Waals surface area contributed by atoms with Crippen LogP contribution in [0, 0.1) is 15.9 Å². The fourth-order valence-corrected chi connectivity index (χ4v) is 2.25. The van der Waals surface area contributed by atoms with Crippen molar-refractivity contribution in [2.75, 3.05) is 13.2 Å². The standard InChI is InChI=1S/C13H17FN2O3/c14-12-9-11(5-6-13(12)16(17)18)19-8-2-4-10-3-1-7-15-10/h5-6,9-10,15H,1-4,7-8H2. The molecule has 1 N–H and O–H groups in total. The van der Waals surface area contributed by atoms with Gasteiger partial charge in [0, 0.05) is 18.2 Å². The van der Waals surface area contributed by atoms with Gasteiger partial charge in [-0.25, -0.2) is 0 Å². The highest BCUT2D eigenvalue weighted by Gasteiger charge is 2.15. The molecule has 0 spiro atoms. The molecule has 1 unspecified atom stereocenters. The molecule has 1 aliphatic heterocycles. The molecule has 0 aliphatic carbocycles. The van der Waals surface area contributed by atoms with Crippen LogP contribution in [-0.4, -0.2) is 24.1 Å². The van der Waals surface area contributed by atoms with Crippen LogP contribution in [0.5, 0.6) is 5.75 Å². The van der Waals surface area contributed by atoms with Crippen molar-refractivity contribution in [3.63, 3.8) is 0 Å². The second-order valence-corrected chi connectivity index (χ2v) is 4.65. The Hall–Kier alpha value is -1.69. The molecule has 1 heterocycles. The van der Waals surface area contributed by atoms with Crippen molar-refractivity contribution in [2.45, 2.75) is 31.7 Å². The Balaban J connectivity index is 1.76. The molecule has 1 fully saturated rings. The summed E-state index contributed by atoms with van der Waals surface area (Å²) in [6.07, 6.45) is 4.34. The van der Waals surface area contributed by atoms with Gasteiger partial charge in [0.15, 0.2) is 0 Å². The van der Waals surface area contributed by atoms with Crippen LogP contribution in [0.1, 0.15) is 25.7 Å². The molecule has 1 aromatic rings. The number of ether oxygens (including phenoxy) is 1. The van der Waals surface area contributed by atoms with E-state index in [1.54, 1.807) is 0 Å². The molecular formula is C13H17FN2O3. The van der Waals surface area contributed by atoms with Crippen molar-refractivity contribution in [1.82, 2.24) is 5.32 Å². The summed E-state index contributed by atoms with van der Waals surface area (Å²) in [5.41, 5.74) is -0.525. The number of halogens is 1. The zero-order chi connectivity index (χ0) is 13.7. The van der Waals surface area contributed by atoms with E-state index in [9.17, 15) is 14.5 Å². The average molecular weight is 268 g/mol. The normalized spacial score (nSPS) is 18.5. The van der Waals surface area contributed by atoms with Crippen molar-refractivity contribution in [1.29, 1.82) is 0 Å². The lowest BCUT2D eigenvalue weighted by molar-refractivity contribution is -0.387. The quantitative estimate of drug-likeness (QED) is 0.489. The van der Waals surface area contributed by atoms with E-state index in [2.05, 4.69) is 5.32 Å².